The van der Waals surface area contributed by atoms with Gasteiger partial charge in [0, 0.05) is 54.7 Å². The number of aromatic amines is 1. The summed E-state index contributed by atoms with van der Waals surface area (Å²) in [7, 11) is 0. The van der Waals surface area contributed by atoms with Gasteiger partial charge in [0.1, 0.15) is 17.9 Å². The number of carbonyl (C=O) groups is 1. The standard InChI is InChI=1S/C25H27FN6O2/c26-18-6-8-19(9-7-18)31-14-12-30(13-15-31)11-3-10-27-23(33)17-32-25(34)24-21(16-28-32)20-4-1-2-5-22(20)29-24/h1-2,4-9,16,29H,3,10-15,17H2,(H,27,33). The molecule has 1 fully saturated rings. The van der Waals surface area contributed by atoms with Crippen LogP contribution in [0, 0.1) is 5.82 Å². The number of halogens is 1. The Bertz CT molecular complexity index is 1360. The van der Waals surface area contributed by atoms with Gasteiger partial charge < -0.3 is 15.2 Å². The molecule has 1 aliphatic rings. The highest BCUT2D eigenvalue weighted by Crippen LogP contribution is 2.21. The number of nitrogens with one attached hydrogen (secondary N) is 2. The van der Waals surface area contributed by atoms with Gasteiger partial charge in [-0.25, -0.2) is 9.07 Å². The first kappa shape index (κ1) is 22.1. The van der Waals surface area contributed by atoms with Gasteiger partial charge in [-0.1, -0.05) is 18.2 Å². The molecule has 176 valence electrons. The van der Waals surface area contributed by atoms with Gasteiger partial charge in [-0.05, 0) is 43.3 Å². The summed E-state index contributed by atoms with van der Waals surface area (Å²) in [6.45, 7) is 4.95. The lowest BCUT2D eigenvalue weighted by atomic mass is 10.2. The predicted molar refractivity (Wildman–Crippen MR) is 131 cm³/mol. The summed E-state index contributed by atoms with van der Waals surface area (Å²) >= 11 is 0. The van der Waals surface area contributed by atoms with Crippen LogP contribution in [0.4, 0.5) is 10.1 Å². The highest BCUT2D eigenvalue weighted by Gasteiger charge is 2.17. The van der Waals surface area contributed by atoms with E-state index < -0.39 is 0 Å². The predicted octanol–water partition coefficient (Wildman–Crippen LogP) is 2.35. The number of hydrogen-bond donors (Lipinski definition) is 2. The van der Waals surface area contributed by atoms with Crippen LogP contribution in [0.25, 0.3) is 21.8 Å². The van der Waals surface area contributed by atoms with Crippen molar-refractivity contribution in [3.05, 3.63) is 70.9 Å². The molecule has 34 heavy (non-hydrogen) atoms. The topological polar surface area (TPSA) is 86.3 Å². The minimum Gasteiger partial charge on any atom is -0.369 e. The normalized spacial score (nSPS) is 14.7. The van der Waals surface area contributed by atoms with Crippen molar-refractivity contribution in [2.75, 3.05) is 44.2 Å². The Labute approximate surface area is 196 Å². The lowest BCUT2D eigenvalue weighted by molar-refractivity contribution is -0.121. The fourth-order valence-corrected chi connectivity index (χ4v) is 4.49. The number of benzene rings is 2. The van der Waals surface area contributed by atoms with E-state index in [1.807, 2.05) is 36.4 Å². The molecule has 0 atom stereocenters. The third-order valence-corrected chi connectivity index (χ3v) is 6.35. The van der Waals surface area contributed by atoms with Crippen molar-refractivity contribution in [1.29, 1.82) is 0 Å². The van der Waals surface area contributed by atoms with Crippen molar-refractivity contribution < 1.29 is 9.18 Å². The number of rotatable bonds is 7. The Morgan fingerprint density at radius 2 is 1.79 bits per heavy atom. The Hall–Kier alpha value is -3.72. The van der Waals surface area contributed by atoms with Crippen molar-refractivity contribution in [3.63, 3.8) is 0 Å². The van der Waals surface area contributed by atoms with Crippen LogP contribution in [0.2, 0.25) is 0 Å². The first-order valence-electron chi connectivity index (χ1n) is 11.5. The Kier molecular flexibility index (Phi) is 6.27. The van der Waals surface area contributed by atoms with Crippen molar-refractivity contribution in [3.8, 4) is 0 Å². The number of anilines is 1. The molecular formula is C25H27FN6O2. The summed E-state index contributed by atoms with van der Waals surface area (Å²) in [5.74, 6) is -0.449. The summed E-state index contributed by atoms with van der Waals surface area (Å²) < 4.78 is 14.3. The van der Waals surface area contributed by atoms with E-state index in [1.54, 1.807) is 6.20 Å². The molecule has 0 saturated carbocycles. The van der Waals surface area contributed by atoms with Gasteiger partial charge >= 0.3 is 0 Å². The number of piperazine rings is 1. The van der Waals surface area contributed by atoms with Crippen LogP contribution in [-0.4, -0.2) is 64.8 Å². The Morgan fingerprint density at radius 3 is 2.59 bits per heavy atom. The quantitative estimate of drug-likeness (QED) is 0.412. The van der Waals surface area contributed by atoms with E-state index in [4.69, 9.17) is 0 Å². The largest absolute Gasteiger partial charge is 0.369 e. The second-order valence-electron chi connectivity index (χ2n) is 8.58. The number of hydrogen-bond acceptors (Lipinski definition) is 5. The molecule has 5 rings (SSSR count). The van der Waals surface area contributed by atoms with E-state index in [1.165, 1.54) is 16.8 Å². The van der Waals surface area contributed by atoms with Gasteiger partial charge in [-0.15, -0.1) is 0 Å². The van der Waals surface area contributed by atoms with Gasteiger partial charge in [0.05, 0.1) is 6.20 Å². The number of amides is 1. The number of nitrogens with zero attached hydrogens (tertiary/aromatic N) is 4. The summed E-state index contributed by atoms with van der Waals surface area (Å²) in [6, 6.07) is 14.3. The molecule has 3 heterocycles. The van der Waals surface area contributed by atoms with E-state index in [0.29, 0.717) is 12.1 Å². The van der Waals surface area contributed by atoms with E-state index in [0.717, 1.165) is 61.1 Å². The van der Waals surface area contributed by atoms with Crippen LogP contribution in [0.1, 0.15) is 6.42 Å². The monoisotopic (exact) mass is 462 g/mol. The first-order valence-corrected chi connectivity index (χ1v) is 11.5. The fraction of sp³-hybridized carbons (Fsp3) is 0.320. The third-order valence-electron chi connectivity index (χ3n) is 6.35. The number of aromatic nitrogens is 3. The zero-order valence-electron chi connectivity index (χ0n) is 18.8. The van der Waals surface area contributed by atoms with Gasteiger partial charge in [0.25, 0.3) is 5.56 Å². The molecule has 0 aliphatic carbocycles. The summed E-state index contributed by atoms with van der Waals surface area (Å²) in [5.41, 5.74) is 2.08. The number of carbonyl (C=O) groups excluding carboxylic acids is 1. The van der Waals surface area contributed by atoms with Crippen LogP contribution < -0.4 is 15.8 Å². The van der Waals surface area contributed by atoms with E-state index >= 15 is 0 Å². The molecule has 1 amide bonds. The van der Waals surface area contributed by atoms with Gasteiger partial charge in [-0.3, -0.25) is 14.5 Å². The molecular weight excluding hydrogens is 435 g/mol. The van der Waals surface area contributed by atoms with Crippen LogP contribution in [0.3, 0.4) is 0 Å². The third kappa shape index (κ3) is 4.65. The Balaban J connectivity index is 1.08. The number of H-pyrrole nitrogens is 1. The highest BCUT2D eigenvalue weighted by atomic mass is 19.1. The van der Waals surface area contributed by atoms with Crippen molar-refractivity contribution in [2.24, 2.45) is 0 Å². The van der Waals surface area contributed by atoms with E-state index in [2.05, 4.69) is 25.2 Å². The molecule has 1 aliphatic heterocycles. The molecule has 0 radical (unpaired) electrons. The first-order chi connectivity index (χ1) is 16.6. The lowest BCUT2D eigenvalue weighted by Gasteiger charge is -2.36. The van der Waals surface area contributed by atoms with E-state index in [-0.39, 0.29) is 23.8 Å². The van der Waals surface area contributed by atoms with Crippen molar-refractivity contribution in [1.82, 2.24) is 25.0 Å². The second kappa shape index (κ2) is 9.64. The highest BCUT2D eigenvalue weighted by molar-refractivity contribution is 6.06. The number of para-hydroxylation sites is 1. The summed E-state index contributed by atoms with van der Waals surface area (Å²) in [5, 5.41) is 8.79. The van der Waals surface area contributed by atoms with Crippen LogP contribution in [0.5, 0.6) is 0 Å². The summed E-state index contributed by atoms with van der Waals surface area (Å²) in [6.07, 6.45) is 2.46. The maximum Gasteiger partial charge on any atom is 0.291 e. The Morgan fingerprint density at radius 1 is 1.03 bits per heavy atom. The maximum absolute atomic E-state index is 13.1. The van der Waals surface area contributed by atoms with Crippen molar-refractivity contribution in [2.45, 2.75) is 13.0 Å². The molecule has 2 N–H and O–H groups in total. The zero-order valence-corrected chi connectivity index (χ0v) is 18.8. The molecule has 0 unspecified atom stereocenters. The van der Waals surface area contributed by atoms with Gasteiger partial charge in [0.2, 0.25) is 5.91 Å². The number of fused-ring (bicyclic) bond motifs is 3. The summed E-state index contributed by atoms with van der Waals surface area (Å²) in [4.78, 5) is 32.9. The van der Waals surface area contributed by atoms with Crippen LogP contribution in [0.15, 0.2) is 59.5 Å². The molecule has 0 spiro atoms. The van der Waals surface area contributed by atoms with Crippen LogP contribution in [-0.2, 0) is 11.3 Å². The van der Waals surface area contributed by atoms with E-state index in [9.17, 15) is 14.0 Å². The minimum atomic E-state index is -0.303. The zero-order chi connectivity index (χ0) is 23.5. The molecule has 2 aromatic heterocycles. The fourth-order valence-electron chi connectivity index (χ4n) is 4.49. The second-order valence-corrected chi connectivity index (χ2v) is 8.58. The average molecular weight is 463 g/mol. The maximum atomic E-state index is 13.1. The molecule has 4 aromatic rings. The minimum absolute atomic E-state index is 0.111. The molecule has 1 saturated heterocycles. The molecule has 2 aromatic carbocycles. The average Bonchev–Trinajstić information content (AvgIpc) is 3.24. The molecule has 8 nitrogen and oxygen atoms in total. The lowest BCUT2D eigenvalue weighted by Crippen LogP contribution is -2.47. The smallest absolute Gasteiger partial charge is 0.291 e. The molecule has 9 heteroatoms. The van der Waals surface area contributed by atoms with Gasteiger partial charge in [0.15, 0.2) is 0 Å². The molecule has 0 bridgehead atoms. The van der Waals surface area contributed by atoms with Crippen LogP contribution >= 0.6 is 0 Å². The SMILES string of the molecule is O=C(Cn1ncc2c([nH]c3ccccc32)c1=O)NCCCN1CCN(c2ccc(F)cc2)CC1. The van der Waals surface area contributed by atoms with Crippen molar-refractivity contribution >= 4 is 33.4 Å². The van der Waals surface area contributed by atoms with Gasteiger partial charge in [-0.2, -0.15) is 5.10 Å².